The molecule has 0 aliphatic rings. The Balaban J connectivity index is 2.10. The van der Waals surface area contributed by atoms with Gasteiger partial charge < -0.3 is 10.4 Å². The zero-order valence-corrected chi connectivity index (χ0v) is 12.8. The molecule has 0 aliphatic carbocycles. The molecule has 11 heteroatoms. The van der Waals surface area contributed by atoms with Crippen molar-refractivity contribution < 1.29 is 18.3 Å². The van der Waals surface area contributed by atoms with Crippen LogP contribution in [0.2, 0.25) is 0 Å². The van der Waals surface area contributed by atoms with Crippen LogP contribution in [0.3, 0.4) is 0 Å². The smallest absolute Gasteiger partial charge is 0.305 e. The Morgan fingerprint density at radius 3 is 2.77 bits per heavy atom. The topological polar surface area (TPSA) is 134 Å². The second-order valence-corrected chi connectivity index (χ2v) is 6.78. The number of nitrogens with one attached hydrogen (secondary N) is 2. The molecule has 0 unspecified atom stereocenters. The van der Waals surface area contributed by atoms with Gasteiger partial charge in [0, 0.05) is 12.5 Å². The van der Waals surface area contributed by atoms with Gasteiger partial charge in [-0.05, 0) is 12.1 Å². The Kier molecular flexibility index (Phi) is 4.68. The van der Waals surface area contributed by atoms with Crippen molar-refractivity contribution in [3.05, 3.63) is 29.8 Å². The summed E-state index contributed by atoms with van der Waals surface area (Å²) in [5, 5.41) is 22.5. The number of rotatable bonds is 5. The molecule has 22 heavy (non-hydrogen) atoms. The molecule has 0 radical (unpaired) electrons. The lowest BCUT2D eigenvalue weighted by atomic mass is 10.2. The summed E-state index contributed by atoms with van der Waals surface area (Å²) in [5.74, 6) is -0.417. The van der Waals surface area contributed by atoms with Gasteiger partial charge in [0.15, 0.2) is 0 Å². The highest BCUT2D eigenvalue weighted by atomic mass is 32.2. The van der Waals surface area contributed by atoms with E-state index in [0.717, 1.165) is 6.21 Å². The van der Waals surface area contributed by atoms with E-state index < -0.39 is 10.0 Å². The van der Waals surface area contributed by atoms with Crippen LogP contribution in [0.15, 0.2) is 33.7 Å². The fraction of sp³-hybridized carbons (Fsp3) is 0.0909. The van der Waals surface area contributed by atoms with E-state index in [1.807, 2.05) is 4.83 Å². The normalized spacial score (nSPS) is 11.5. The maximum Gasteiger partial charge on any atom is 0.305 e. The zero-order chi connectivity index (χ0) is 16.2. The van der Waals surface area contributed by atoms with Crippen LogP contribution >= 0.6 is 11.3 Å². The highest BCUT2D eigenvalue weighted by molar-refractivity contribution is 7.91. The van der Waals surface area contributed by atoms with Crippen molar-refractivity contribution in [2.45, 2.75) is 11.3 Å². The number of aromatic nitrogens is 2. The number of aromatic hydroxyl groups is 1. The lowest BCUT2D eigenvalue weighted by molar-refractivity contribution is -0.114. The van der Waals surface area contributed by atoms with Crippen molar-refractivity contribution in [3.63, 3.8) is 0 Å². The van der Waals surface area contributed by atoms with Crippen molar-refractivity contribution in [2.75, 3.05) is 5.32 Å². The van der Waals surface area contributed by atoms with Crippen LogP contribution < -0.4 is 10.1 Å². The average Bonchev–Trinajstić information content (AvgIpc) is 2.89. The second kappa shape index (κ2) is 6.49. The molecule has 0 saturated carbocycles. The van der Waals surface area contributed by atoms with Gasteiger partial charge in [0.05, 0.1) is 6.21 Å². The number of carbonyl (C=O) groups excluding carboxylic acids is 1. The molecule has 0 spiro atoms. The predicted octanol–water partition coefficient (Wildman–Crippen LogP) is 0.514. The first-order valence-electron chi connectivity index (χ1n) is 5.82. The van der Waals surface area contributed by atoms with E-state index in [4.69, 9.17) is 0 Å². The first kappa shape index (κ1) is 15.9. The second-order valence-electron chi connectivity index (χ2n) is 3.97. The number of phenolic OH excluding ortho intramolecular Hbond substituents is 1. The van der Waals surface area contributed by atoms with Gasteiger partial charge in [-0.2, -0.15) is 18.4 Å². The number of hydrazone groups is 1. The van der Waals surface area contributed by atoms with Gasteiger partial charge in [-0.3, -0.25) is 4.79 Å². The molecule has 2 rings (SSSR count). The summed E-state index contributed by atoms with van der Waals surface area (Å²) in [6, 6.07) is 6.30. The standard InChI is InChI=1S/C11H11N5O4S2/c1-7(17)13-10-14-15-11(21-10)22(19,20)16-12-6-8-4-2-3-5-9(8)18/h2-6,16,18H,1H3,(H,13,14,17)/b12-6+. The molecular weight excluding hydrogens is 330 g/mol. The molecule has 0 atom stereocenters. The SMILES string of the molecule is CC(=O)Nc1nnc(S(=O)(=O)N/N=C/c2ccccc2O)s1. The summed E-state index contributed by atoms with van der Waals surface area (Å²) >= 11 is 0.690. The van der Waals surface area contributed by atoms with Gasteiger partial charge in [-0.15, -0.1) is 10.2 Å². The van der Waals surface area contributed by atoms with E-state index in [9.17, 15) is 18.3 Å². The molecule has 3 N–H and O–H groups in total. The van der Waals surface area contributed by atoms with Crippen LogP contribution in [0.5, 0.6) is 5.75 Å². The molecule has 1 aromatic carbocycles. The van der Waals surface area contributed by atoms with Crippen molar-refractivity contribution >= 4 is 38.6 Å². The Morgan fingerprint density at radius 1 is 1.36 bits per heavy atom. The number of sulfonamides is 1. The highest BCUT2D eigenvalue weighted by Gasteiger charge is 2.19. The van der Waals surface area contributed by atoms with Crippen LogP contribution in [0.4, 0.5) is 5.13 Å². The summed E-state index contributed by atoms with van der Waals surface area (Å²) in [6.07, 6.45) is 1.16. The minimum atomic E-state index is -3.99. The van der Waals surface area contributed by atoms with Crippen molar-refractivity contribution in [1.82, 2.24) is 15.0 Å². The summed E-state index contributed by atoms with van der Waals surface area (Å²) in [4.78, 5) is 12.8. The molecule has 116 valence electrons. The van der Waals surface area contributed by atoms with Gasteiger partial charge in [0.25, 0.3) is 4.34 Å². The fourth-order valence-electron chi connectivity index (χ4n) is 1.32. The van der Waals surface area contributed by atoms with E-state index in [-0.39, 0.29) is 21.1 Å². The van der Waals surface area contributed by atoms with E-state index in [2.05, 4.69) is 20.6 Å². The van der Waals surface area contributed by atoms with Gasteiger partial charge >= 0.3 is 10.0 Å². The number of amides is 1. The van der Waals surface area contributed by atoms with Gasteiger partial charge in [0.2, 0.25) is 11.0 Å². The summed E-state index contributed by atoms with van der Waals surface area (Å²) in [6.45, 7) is 1.27. The molecule has 9 nitrogen and oxygen atoms in total. The molecule has 1 amide bonds. The van der Waals surface area contributed by atoms with E-state index >= 15 is 0 Å². The average molecular weight is 341 g/mol. The number of hydrogen-bond acceptors (Lipinski definition) is 8. The van der Waals surface area contributed by atoms with Gasteiger partial charge in [-0.25, -0.2) is 0 Å². The highest BCUT2D eigenvalue weighted by Crippen LogP contribution is 2.19. The fourth-order valence-corrected chi connectivity index (χ4v) is 3.05. The third-order valence-electron chi connectivity index (χ3n) is 2.23. The molecule has 0 aliphatic heterocycles. The number of benzene rings is 1. The van der Waals surface area contributed by atoms with Crippen molar-refractivity contribution in [2.24, 2.45) is 5.10 Å². The Hall–Kier alpha value is -2.53. The molecule has 0 bridgehead atoms. The summed E-state index contributed by atoms with van der Waals surface area (Å²) in [5.41, 5.74) is 0.349. The van der Waals surface area contributed by atoms with Crippen LogP contribution in [0, 0.1) is 0 Å². The van der Waals surface area contributed by atoms with E-state index in [1.165, 1.54) is 13.0 Å². The van der Waals surface area contributed by atoms with Crippen LogP contribution in [0.25, 0.3) is 0 Å². The molecule has 1 aromatic heterocycles. The maximum absolute atomic E-state index is 11.9. The number of phenols is 1. The van der Waals surface area contributed by atoms with E-state index in [1.54, 1.807) is 18.2 Å². The Bertz CT molecular complexity index is 815. The molecular formula is C11H11N5O4S2. The van der Waals surface area contributed by atoms with Crippen LogP contribution in [0.1, 0.15) is 12.5 Å². The minimum Gasteiger partial charge on any atom is -0.507 e. The first-order chi connectivity index (χ1) is 10.4. The van der Waals surface area contributed by atoms with E-state index in [0.29, 0.717) is 16.9 Å². The largest absolute Gasteiger partial charge is 0.507 e. The zero-order valence-electron chi connectivity index (χ0n) is 11.2. The minimum absolute atomic E-state index is 0.0330. The number of nitrogens with zero attached hydrogens (tertiary/aromatic N) is 3. The predicted molar refractivity (Wildman–Crippen MR) is 80.2 cm³/mol. The third-order valence-corrected chi connectivity index (χ3v) is 4.66. The first-order valence-corrected chi connectivity index (χ1v) is 8.12. The number of hydrogen-bond donors (Lipinski definition) is 3. The molecule has 0 saturated heterocycles. The third kappa shape index (κ3) is 3.99. The lowest BCUT2D eigenvalue weighted by Crippen LogP contribution is -2.18. The molecule has 2 aromatic rings. The molecule has 1 heterocycles. The molecule has 0 fully saturated rings. The number of para-hydroxylation sites is 1. The summed E-state index contributed by atoms with van der Waals surface area (Å²) in [7, 11) is -3.99. The summed E-state index contributed by atoms with van der Waals surface area (Å²) < 4.78 is 23.5. The van der Waals surface area contributed by atoms with Crippen molar-refractivity contribution in [1.29, 1.82) is 0 Å². The number of carbonyl (C=O) groups is 1. The monoisotopic (exact) mass is 341 g/mol. The quantitative estimate of drug-likeness (QED) is 0.412. The Labute approximate surface area is 129 Å². The van der Waals surface area contributed by atoms with Gasteiger partial charge in [0.1, 0.15) is 5.75 Å². The van der Waals surface area contributed by atoms with Crippen LogP contribution in [-0.2, 0) is 14.8 Å². The maximum atomic E-state index is 11.9. The van der Waals surface area contributed by atoms with Crippen molar-refractivity contribution in [3.8, 4) is 5.75 Å². The Morgan fingerprint density at radius 2 is 2.09 bits per heavy atom. The lowest BCUT2D eigenvalue weighted by Gasteiger charge is -1.99. The van der Waals surface area contributed by atoms with Gasteiger partial charge in [-0.1, -0.05) is 23.5 Å². The van der Waals surface area contributed by atoms with Crippen LogP contribution in [-0.4, -0.2) is 35.8 Å². The number of anilines is 1.